The van der Waals surface area contributed by atoms with Gasteiger partial charge in [-0.25, -0.2) is 4.99 Å². The van der Waals surface area contributed by atoms with E-state index in [-0.39, 0.29) is 0 Å². The third-order valence-corrected chi connectivity index (χ3v) is 3.00. The maximum absolute atomic E-state index is 9.23. The van der Waals surface area contributed by atoms with E-state index in [1.54, 1.807) is 0 Å². The lowest BCUT2D eigenvalue weighted by Crippen LogP contribution is -1.96. The fourth-order valence-corrected chi connectivity index (χ4v) is 1.83. The molecule has 0 N–H and O–H groups in total. The Kier molecular flexibility index (Phi) is 5.54. The first-order valence-electron chi connectivity index (χ1n) is 7.10. The van der Waals surface area contributed by atoms with Crippen molar-refractivity contribution in [2.75, 3.05) is 6.61 Å². The number of benzene rings is 2. The summed E-state index contributed by atoms with van der Waals surface area (Å²) in [4.78, 5) is 4.38. The van der Waals surface area contributed by atoms with Gasteiger partial charge in [-0.2, -0.15) is 5.26 Å². The van der Waals surface area contributed by atoms with Gasteiger partial charge >= 0.3 is 0 Å². The van der Waals surface area contributed by atoms with E-state index in [1.807, 2.05) is 54.6 Å². The van der Waals surface area contributed by atoms with Gasteiger partial charge in [0.05, 0.1) is 12.3 Å². The predicted octanol–water partition coefficient (Wildman–Crippen LogP) is 4.51. The molecule has 0 heterocycles. The Morgan fingerprint density at radius 1 is 1.10 bits per heavy atom. The van der Waals surface area contributed by atoms with Crippen LogP contribution in [0.4, 0.5) is 5.69 Å². The molecule has 0 radical (unpaired) electrons. The van der Waals surface area contributed by atoms with Crippen molar-refractivity contribution < 1.29 is 4.74 Å². The van der Waals surface area contributed by atoms with Crippen molar-refractivity contribution in [2.45, 2.75) is 19.8 Å². The lowest BCUT2D eigenvalue weighted by molar-refractivity contribution is 0.309. The van der Waals surface area contributed by atoms with Crippen LogP contribution < -0.4 is 4.74 Å². The second kappa shape index (κ2) is 7.86. The quantitative estimate of drug-likeness (QED) is 0.576. The third kappa shape index (κ3) is 4.47. The second-order valence-electron chi connectivity index (χ2n) is 4.63. The van der Waals surface area contributed by atoms with E-state index >= 15 is 0 Å². The van der Waals surface area contributed by atoms with Crippen LogP contribution >= 0.6 is 0 Å². The minimum absolute atomic E-state index is 0.412. The van der Waals surface area contributed by atoms with E-state index in [4.69, 9.17) is 4.74 Å². The number of ether oxygens (including phenoxy) is 1. The molecule has 0 saturated carbocycles. The number of unbranched alkanes of at least 4 members (excludes halogenated alkanes) is 1. The molecule has 0 unspecified atom stereocenters. The molecule has 0 fully saturated rings. The van der Waals surface area contributed by atoms with E-state index in [1.165, 1.54) is 0 Å². The fraction of sp³-hybridized carbons (Fsp3) is 0.222. The van der Waals surface area contributed by atoms with Gasteiger partial charge in [0, 0.05) is 5.56 Å². The summed E-state index contributed by atoms with van der Waals surface area (Å²) in [7, 11) is 0. The molecule has 2 rings (SSSR count). The molecule has 0 bridgehead atoms. The summed E-state index contributed by atoms with van der Waals surface area (Å²) in [5, 5.41) is 9.23. The third-order valence-electron chi connectivity index (χ3n) is 3.00. The Morgan fingerprint density at radius 3 is 2.43 bits per heavy atom. The van der Waals surface area contributed by atoms with Crippen molar-refractivity contribution in [3.8, 4) is 11.8 Å². The van der Waals surface area contributed by atoms with Crippen LogP contribution in [0.3, 0.4) is 0 Å². The Labute approximate surface area is 125 Å². The van der Waals surface area contributed by atoms with Crippen molar-refractivity contribution in [1.29, 1.82) is 5.26 Å². The van der Waals surface area contributed by atoms with Crippen LogP contribution in [0.2, 0.25) is 0 Å². The van der Waals surface area contributed by atoms with Crippen LogP contribution in [0.25, 0.3) is 0 Å². The minimum atomic E-state index is 0.412. The normalized spacial score (nSPS) is 11.0. The number of aliphatic imine (C=N–C) groups is 1. The zero-order valence-electron chi connectivity index (χ0n) is 12.1. The molecular formula is C18H18N2O. The second-order valence-corrected chi connectivity index (χ2v) is 4.63. The SMILES string of the molecule is CCCCOc1ccc(N=C(C#N)c2ccccc2)cc1. The molecule has 0 amide bonds. The monoisotopic (exact) mass is 278 g/mol. The first kappa shape index (κ1) is 14.8. The molecule has 2 aromatic carbocycles. The fourth-order valence-electron chi connectivity index (χ4n) is 1.83. The lowest BCUT2D eigenvalue weighted by Gasteiger charge is -2.05. The molecule has 0 spiro atoms. The number of nitrogens with zero attached hydrogens (tertiary/aromatic N) is 2. The van der Waals surface area contributed by atoms with Gasteiger partial charge < -0.3 is 4.74 Å². The Balaban J connectivity index is 2.11. The van der Waals surface area contributed by atoms with Crippen LogP contribution in [0.5, 0.6) is 5.75 Å². The van der Waals surface area contributed by atoms with Crippen LogP contribution in [-0.2, 0) is 0 Å². The first-order chi connectivity index (χ1) is 10.3. The van der Waals surface area contributed by atoms with Crippen LogP contribution in [0.1, 0.15) is 25.3 Å². The van der Waals surface area contributed by atoms with Gasteiger partial charge in [-0.1, -0.05) is 43.7 Å². The summed E-state index contributed by atoms with van der Waals surface area (Å²) in [6.07, 6.45) is 2.16. The van der Waals surface area contributed by atoms with Gasteiger partial charge in [-0.15, -0.1) is 0 Å². The average Bonchev–Trinajstić information content (AvgIpc) is 2.55. The zero-order chi connectivity index (χ0) is 14.9. The van der Waals surface area contributed by atoms with Crippen molar-refractivity contribution in [2.24, 2.45) is 4.99 Å². The molecule has 0 atom stereocenters. The van der Waals surface area contributed by atoms with E-state index in [0.29, 0.717) is 5.71 Å². The first-order valence-corrected chi connectivity index (χ1v) is 7.10. The van der Waals surface area contributed by atoms with Gasteiger partial charge in [-0.05, 0) is 30.7 Å². The number of nitriles is 1. The highest BCUT2D eigenvalue weighted by Crippen LogP contribution is 2.19. The maximum atomic E-state index is 9.23. The standard InChI is InChI=1S/C18H18N2O/c1-2-3-13-21-17-11-9-16(10-12-17)20-18(14-19)15-7-5-4-6-8-15/h4-12H,2-3,13H2,1H3. The molecular weight excluding hydrogens is 260 g/mol. The highest BCUT2D eigenvalue weighted by Gasteiger charge is 2.02. The number of hydrogen-bond acceptors (Lipinski definition) is 3. The van der Waals surface area contributed by atoms with Gasteiger partial charge in [0.25, 0.3) is 0 Å². The molecule has 0 aliphatic rings. The topological polar surface area (TPSA) is 45.4 Å². The summed E-state index contributed by atoms with van der Waals surface area (Å²) in [5.41, 5.74) is 1.98. The molecule has 3 nitrogen and oxygen atoms in total. The Morgan fingerprint density at radius 2 is 1.81 bits per heavy atom. The molecule has 106 valence electrons. The largest absolute Gasteiger partial charge is 0.494 e. The van der Waals surface area contributed by atoms with Crippen molar-refractivity contribution in [3.05, 3.63) is 60.2 Å². The van der Waals surface area contributed by atoms with E-state index in [9.17, 15) is 5.26 Å². The number of rotatable bonds is 6. The van der Waals surface area contributed by atoms with Gasteiger partial charge in [0.1, 0.15) is 17.5 Å². The van der Waals surface area contributed by atoms with E-state index < -0.39 is 0 Å². The molecule has 0 aliphatic carbocycles. The molecule has 3 heteroatoms. The Bertz CT molecular complexity index is 625. The summed E-state index contributed by atoms with van der Waals surface area (Å²) < 4.78 is 5.60. The lowest BCUT2D eigenvalue weighted by atomic mass is 10.1. The Hall–Kier alpha value is -2.60. The molecule has 21 heavy (non-hydrogen) atoms. The summed E-state index contributed by atoms with van der Waals surface area (Å²) in [6.45, 7) is 2.86. The van der Waals surface area contributed by atoms with Gasteiger partial charge in [0.15, 0.2) is 0 Å². The smallest absolute Gasteiger partial charge is 0.148 e. The van der Waals surface area contributed by atoms with Crippen LogP contribution in [0.15, 0.2) is 59.6 Å². The summed E-state index contributed by atoms with van der Waals surface area (Å²) >= 11 is 0. The minimum Gasteiger partial charge on any atom is -0.494 e. The van der Waals surface area contributed by atoms with E-state index in [0.717, 1.165) is 36.4 Å². The van der Waals surface area contributed by atoms with Gasteiger partial charge in [-0.3, -0.25) is 0 Å². The molecule has 0 aliphatic heterocycles. The van der Waals surface area contributed by atoms with Crippen molar-refractivity contribution in [3.63, 3.8) is 0 Å². The highest BCUT2D eigenvalue weighted by atomic mass is 16.5. The number of hydrogen-bond donors (Lipinski definition) is 0. The summed E-state index contributed by atoms with van der Waals surface area (Å²) in [6, 6.07) is 19.1. The molecule has 0 saturated heterocycles. The van der Waals surface area contributed by atoms with Crippen molar-refractivity contribution in [1.82, 2.24) is 0 Å². The maximum Gasteiger partial charge on any atom is 0.148 e. The molecule has 0 aromatic heterocycles. The van der Waals surface area contributed by atoms with Crippen LogP contribution in [0, 0.1) is 11.3 Å². The summed E-state index contributed by atoms with van der Waals surface area (Å²) in [5.74, 6) is 0.834. The zero-order valence-corrected chi connectivity index (χ0v) is 12.1. The molecule has 2 aromatic rings. The predicted molar refractivity (Wildman–Crippen MR) is 85.1 cm³/mol. The van der Waals surface area contributed by atoms with Gasteiger partial charge in [0.2, 0.25) is 0 Å². The highest BCUT2D eigenvalue weighted by molar-refractivity contribution is 6.12. The van der Waals surface area contributed by atoms with Crippen molar-refractivity contribution >= 4 is 11.4 Å². The van der Waals surface area contributed by atoms with Crippen LogP contribution in [-0.4, -0.2) is 12.3 Å². The average molecular weight is 278 g/mol. The van der Waals surface area contributed by atoms with E-state index in [2.05, 4.69) is 18.0 Å².